The Labute approximate surface area is 182 Å². The van der Waals surface area contributed by atoms with Gasteiger partial charge in [0.15, 0.2) is 5.75 Å². The van der Waals surface area contributed by atoms with E-state index in [2.05, 4.69) is 5.10 Å². The first-order valence-electron chi connectivity index (χ1n) is 8.80. The Morgan fingerprint density at radius 2 is 1.38 bits per heavy atom. The summed E-state index contributed by atoms with van der Waals surface area (Å²) in [5, 5.41) is 3.63. The normalized spacial score (nSPS) is 12.6. The number of hydrazone groups is 1. The van der Waals surface area contributed by atoms with Crippen molar-refractivity contribution in [3.63, 3.8) is 0 Å². The zero-order valence-corrected chi connectivity index (χ0v) is 17.7. The highest BCUT2D eigenvalue weighted by molar-refractivity contribution is 7.89. The van der Waals surface area contributed by atoms with E-state index >= 15 is 0 Å². The Morgan fingerprint density at radius 3 is 2.00 bits per heavy atom. The zero-order chi connectivity index (χ0) is 23.4. The standard InChI is InChI=1S/C20H15F3N2O5S2/c21-20(22,23)16-10-12-18(13-11-16)32(28,29)30-19-9-5-4-6-15(19)14-24-25-31(26,27)17-7-2-1-3-8-17/h1-14,25H/b24-14+. The molecule has 0 radical (unpaired) electrons. The molecule has 0 aliphatic heterocycles. The molecule has 0 fully saturated rings. The van der Waals surface area contributed by atoms with E-state index < -0.39 is 36.8 Å². The van der Waals surface area contributed by atoms with Crippen LogP contribution < -0.4 is 9.01 Å². The highest BCUT2D eigenvalue weighted by atomic mass is 32.2. The lowest BCUT2D eigenvalue weighted by Crippen LogP contribution is -2.18. The highest BCUT2D eigenvalue weighted by Gasteiger charge is 2.31. The molecule has 0 atom stereocenters. The van der Waals surface area contributed by atoms with Crippen LogP contribution in [-0.4, -0.2) is 23.1 Å². The van der Waals surface area contributed by atoms with Crippen LogP contribution in [0.5, 0.6) is 5.75 Å². The number of nitrogens with one attached hydrogen (secondary N) is 1. The Kier molecular flexibility index (Phi) is 6.55. The molecule has 12 heteroatoms. The topological polar surface area (TPSA) is 102 Å². The molecule has 0 aliphatic carbocycles. The highest BCUT2D eigenvalue weighted by Crippen LogP contribution is 2.30. The number of hydrogen-bond donors (Lipinski definition) is 1. The minimum Gasteiger partial charge on any atom is -0.378 e. The molecule has 0 aromatic heterocycles. The van der Waals surface area contributed by atoms with E-state index in [1.165, 1.54) is 48.5 Å². The van der Waals surface area contributed by atoms with Crippen molar-refractivity contribution < 1.29 is 34.2 Å². The lowest BCUT2D eigenvalue weighted by molar-refractivity contribution is -0.137. The van der Waals surface area contributed by atoms with Crippen molar-refractivity contribution in [2.75, 3.05) is 0 Å². The minimum atomic E-state index is -4.61. The van der Waals surface area contributed by atoms with Gasteiger partial charge in [0.2, 0.25) is 0 Å². The second kappa shape index (κ2) is 9.01. The average molecular weight is 484 g/mol. The summed E-state index contributed by atoms with van der Waals surface area (Å²) in [5.74, 6) is -0.199. The van der Waals surface area contributed by atoms with Crippen molar-refractivity contribution in [1.82, 2.24) is 4.83 Å². The summed E-state index contributed by atoms with van der Waals surface area (Å²) in [6, 6.07) is 16.0. The molecule has 0 saturated carbocycles. The molecule has 0 aliphatic rings. The molecule has 0 bridgehead atoms. The third-order valence-electron chi connectivity index (χ3n) is 4.02. The number of benzene rings is 3. The predicted molar refractivity (Wildman–Crippen MR) is 110 cm³/mol. The Morgan fingerprint density at radius 1 is 0.781 bits per heavy atom. The number of halogens is 3. The molecule has 0 unspecified atom stereocenters. The van der Waals surface area contributed by atoms with E-state index in [4.69, 9.17) is 4.18 Å². The van der Waals surface area contributed by atoms with Crippen molar-refractivity contribution in [2.24, 2.45) is 5.10 Å². The number of sulfonamides is 1. The summed E-state index contributed by atoms with van der Waals surface area (Å²) in [5.41, 5.74) is -0.895. The predicted octanol–water partition coefficient (Wildman–Crippen LogP) is 3.79. The number of rotatable bonds is 7. The van der Waals surface area contributed by atoms with Crippen LogP contribution in [0.4, 0.5) is 13.2 Å². The van der Waals surface area contributed by atoms with Crippen LogP contribution in [0.3, 0.4) is 0 Å². The summed E-state index contributed by atoms with van der Waals surface area (Å²) in [6.07, 6.45) is -3.57. The average Bonchev–Trinajstić information content (AvgIpc) is 2.75. The number of nitrogens with zero attached hydrogens (tertiary/aromatic N) is 1. The number of alkyl halides is 3. The fraction of sp³-hybridized carbons (Fsp3) is 0.0500. The van der Waals surface area contributed by atoms with E-state index in [1.54, 1.807) is 6.07 Å². The van der Waals surface area contributed by atoms with Gasteiger partial charge in [0.05, 0.1) is 16.7 Å². The molecular weight excluding hydrogens is 469 g/mol. The molecular formula is C20H15F3N2O5S2. The number of para-hydroxylation sites is 1. The summed E-state index contributed by atoms with van der Waals surface area (Å²) in [4.78, 5) is 1.49. The molecule has 1 N–H and O–H groups in total. The molecule has 0 saturated heterocycles. The van der Waals surface area contributed by atoms with Gasteiger partial charge in [0.1, 0.15) is 4.90 Å². The largest absolute Gasteiger partial charge is 0.416 e. The second-order valence-corrected chi connectivity index (χ2v) is 9.47. The van der Waals surface area contributed by atoms with Crippen LogP contribution in [0.25, 0.3) is 0 Å². The van der Waals surface area contributed by atoms with Gasteiger partial charge in [-0.1, -0.05) is 30.3 Å². The van der Waals surface area contributed by atoms with Crippen molar-refractivity contribution in [3.8, 4) is 5.75 Å². The first kappa shape index (κ1) is 23.3. The minimum absolute atomic E-state index is 0.0217. The van der Waals surface area contributed by atoms with Crippen molar-refractivity contribution in [2.45, 2.75) is 16.0 Å². The van der Waals surface area contributed by atoms with Crippen molar-refractivity contribution >= 4 is 26.4 Å². The molecule has 168 valence electrons. The van der Waals surface area contributed by atoms with E-state index in [-0.39, 0.29) is 16.2 Å². The maximum absolute atomic E-state index is 12.7. The molecule has 3 rings (SSSR count). The first-order valence-corrected chi connectivity index (χ1v) is 11.7. The van der Waals surface area contributed by atoms with E-state index in [0.29, 0.717) is 12.1 Å². The van der Waals surface area contributed by atoms with Gasteiger partial charge in [0.25, 0.3) is 10.0 Å². The third-order valence-corrected chi connectivity index (χ3v) is 6.51. The van der Waals surface area contributed by atoms with Crippen molar-refractivity contribution in [3.05, 3.63) is 90.0 Å². The maximum Gasteiger partial charge on any atom is 0.416 e. The van der Waals surface area contributed by atoms with Gasteiger partial charge in [-0.05, 0) is 48.5 Å². The molecule has 7 nitrogen and oxygen atoms in total. The quantitative estimate of drug-likeness (QED) is 0.312. The second-order valence-electron chi connectivity index (χ2n) is 6.26. The van der Waals surface area contributed by atoms with Crippen LogP contribution >= 0.6 is 0 Å². The SMILES string of the molecule is O=S(=O)(N/N=C/c1ccccc1OS(=O)(=O)c1ccc(C(F)(F)F)cc1)c1ccccc1. The van der Waals surface area contributed by atoms with Crippen LogP contribution in [0.1, 0.15) is 11.1 Å². The van der Waals surface area contributed by atoms with Gasteiger partial charge in [-0.15, -0.1) is 0 Å². The van der Waals surface area contributed by atoms with Gasteiger partial charge in [-0.25, -0.2) is 4.83 Å². The first-order chi connectivity index (χ1) is 15.0. The van der Waals surface area contributed by atoms with Crippen molar-refractivity contribution in [1.29, 1.82) is 0 Å². The lowest BCUT2D eigenvalue weighted by Gasteiger charge is -2.11. The molecule has 3 aromatic carbocycles. The Hall–Kier alpha value is -3.38. The van der Waals surface area contributed by atoms with Crippen LogP contribution in [0.15, 0.2) is 93.8 Å². The lowest BCUT2D eigenvalue weighted by atomic mass is 10.2. The van der Waals surface area contributed by atoms with Crippen LogP contribution in [-0.2, 0) is 26.3 Å². The summed E-state index contributed by atoms with van der Waals surface area (Å²) >= 11 is 0. The Bertz CT molecular complexity index is 1320. The van der Waals surface area contributed by atoms with E-state index in [1.807, 2.05) is 4.83 Å². The van der Waals surface area contributed by atoms with Crippen LogP contribution in [0.2, 0.25) is 0 Å². The van der Waals surface area contributed by atoms with Gasteiger partial charge in [0, 0.05) is 5.56 Å². The summed E-state index contributed by atoms with van der Waals surface area (Å²) in [7, 11) is -8.40. The van der Waals surface area contributed by atoms with Gasteiger partial charge >= 0.3 is 16.3 Å². The van der Waals surface area contributed by atoms with E-state index in [9.17, 15) is 30.0 Å². The fourth-order valence-corrected chi connectivity index (χ4v) is 4.22. The summed E-state index contributed by atoms with van der Waals surface area (Å²) < 4.78 is 92.4. The molecule has 0 amide bonds. The fourth-order valence-electron chi connectivity index (χ4n) is 2.46. The van der Waals surface area contributed by atoms with Gasteiger partial charge < -0.3 is 4.18 Å². The van der Waals surface area contributed by atoms with Crippen LogP contribution in [0, 0.1) is 0 Å². The molecule has 0 heterocycles. The maximum atomic E-state index is 12.7. The zero-order valence-electron chi connectivity index (χ0n) is 16.0. The molecule has 0 spiro atoms. The Balaban J connectivity index is 1.80. The van der Waals surface area contributed by atoms with E-state index in [0.717, 1.165) is 18.3 Å². The molecule has 32 heavy (non-hydrogen) atoms. The monoisotopic (exact) mass is 484 g/mol. The third kappa shape index (κ3) is 5.65. The number of hydrogen-bond acceptors (Lipinski definition) is 6. The summed E-state index contributed by atoms with van der Waals surface area (Å²) in [6.45, 7) is 0. The van der Waals surface area contributed by atoms with Gasteiger partial charge in [-0.2, -0.15) is 35.1 Å². The smallest absolute Gasteiger partial charge is 0.378 e. The van der Waals surface area contributed by atoms with Gasteiger partial charge in [-0.3, -0.25) is 0 Å². The molecule has 3 aromatic rings.